The third-order valence-corrected chi connectivity index (χ3v) is 3.05. The van der Waals surface area contributed by atoms with Crippen molar-refractivity contribution < 1.29 is 14.7 Å². The van der Waals surface area contributed by atoms with Crippen LogP contribution in [-0.2, 0) is 9.59 Å². The van der Waals surface area contributed by atoms with E-state index < -0.39 is 17.3 Å². The van der Waals surface area contributed by atoms with E-state index in [1.807, 2.05) is 6.07 Å². The third-order valence-electron chi connectivity index (χ3n) is 2.56. The van der Waals surface area contributed by atoms with Crippen LogP contribution in [-0.4, -0.2) is 17.0 Å². The number of carboxylic acid groups (broad SMARTS) is 1. The van der Waals surface area contributed by atoms with Crippen LogP contribution in [0.15, 0.2) is 22.7 Å². The predicted octanol–water partition coefficient (Wildman–Crippen LogP) is 2.76. The summed E-state index contributed by atoms with van der Waals surface area (Å²) in [6.45, 7) is 2.95. The number of hydrogen-bond acceptors (Lipinski definition) is 3. The molecule has 0 radical (unpaired) electrons. The lowest BCUT2D eigenvalue weighted by molar-refractivity contribution is -0.148. The summed E-state index contributed by atoms with van der Waals surface area (Å²) < 4.78 is 0.722. The van der Waals surface area contributed by atoms with Crippen molar-refractivity contribution in [3.63, 3.8) is 0 Å². The largest absolute Gasteiger partial charge is 0.481 e. The molecule has 0 aliphatic carbocycles. The Bertz CT molecular complexity index is 561. The van der Waals surface area contributed by atoms with Crippen LogP contribution in [0.2, 0.25) is 0 Å². The number of carbonyl (C=O) groups is 2. The summed E-state index contributed by atoms with van der Waals surface area (Å²) in [6.07, 6.45) is -0.167. The van der Waals surface area contributed by atoms with E-state index in [9.17, 15) is 9.59 Å². The SMILES string of the molecule is CC(C)(CC(=O)Nc1cc(Br)ccc1C#N)C(=O)O. The van der Waals surface area contributed by atoms with Crippen LogP contribution in [0.1, 0.15) is 25.8 Å². The zero-order valence-electron chi connectivity index (χ0n) is 10.5. The number of carboxylic acids is 1. The van der Waals surface area contributed by atoms with Gasteiger partial charge in [0.15, 0.2) is 0 Å². The number of benzene rings is 1. The van der Waals surface area contributed by atoms with Crippen LogP contribution in [0.3, 0.4) is 0 Å². The van der Waals surface area contributed by atoms with E-state index in [4.69, 9.17) is 10.4 Å². The summed E-state index contributed by atoms with van der Waals surface area (Å²) in [5.74, 6) is -1.49. The number of halogens is 1. The summed E-state index contributed by atoms with van der Waals surface area (Å²) >= 11 is 3.25. The zero-order chi connectivity index (χ0) is 14.6. The number of anilines is 1. The average Bonchev–Trinajstić information content (AvgIpc) is 2.28. The van der Waals surface area contributed by atoms with Crippen molar-refractivity contribution in [1.29, 1.82) is 5.26 Å². The number of nitrogens with zero attached hydrogens (tertiary/aromatic N) is 1. The van der Waals surface area contributed by atoms with Crippen molar-refractivity contribution in [2.24, 2.45) is 5.41 Å². The maximum absolute atomic E-state index is 11.8. The molecule has 0 saturated carbocycles. The highest BCUT2D eigenvalue weighted by Crippen LogP contribution is 2.24. The Morgan fingerprint density at radius 1 is 1.47 bits per heavy atom. The quantitative estimate of drug-likeness (QED) is 0.890. The number of amides is 1. The van der Waals surface area contributed by atoms with Crippen LogP contribution in [0.25, 0.3) is 0 Å². The van der Waals surface area contributed by atoms with Gasteiger partial charge in [0.05, 0.1) is 16.7 Å². The Kier molecular flexibility index (Phi) is 4.67. The molecule has 0 heterocycles. The molecule has 0 saturated heterocycles. The molecular formula is C13H13BrN2O3. The number of carbonyl (C=O) groups excluding carboxylic acids is 1. The first-order chi connectivity index (χ1) is 8.76. The number of nitrogens with one attached hydrogen (secondary N) is 1. The molecule has 0 fully saturated rings. The molecular weight excluding hydrogens is 312 g/mol. The van der Waals surface area contributed by atoms with E-state index in [2.05, 4.69) is 21.2 Å². The maximum Gasteiger partial charge on any atom is 0.309 e. The van der Waals surface area contributed by atoms with Gasteiger partial charge in [-0.2, -0.15) is 5.26 Å². The molecule has 0 aliphatic heterocycles. The van der Waals surface area contributed by atoms with Crippen LogP contribution < -0.4 is 5.32 Å². The molecule has 0 atom stereocenters. The predicted molar refractivity (Wildman–Crippen MR) is 73.5 cm³/mol. The summed E-state index contributed by atoms with van der Waals surface area (Å²) in [7, 11) is 0. The van der Waals surface area contributed by atoms with Gasteiger partial charge in [0, 0.05) is 10.9 Å². The van der Waals surface area contributed by atoms with Crippen molar-refractivity contribution in [2.75, 3.05) is 5.32 Å². The normalized spacial score (nSPS) is 10.6. The number of nitriles is 1. The van der Waals surface area contributed by atoms with Crippen molar-refractivity contribution in [1.82, 2.24) is 0 Å². The van der Waals surface area contributed by atoms with Crippen molar-refractivity contribution >= 4 is 33.5 Å². The summed E-state index contributed by atoms with van der Waals surface area (Å²) in [5, 5.41) is 20.5. The third kappa shape index (κ3) is 4.07. The van der Waals surface area contributed by atoms with E-state index in [0.717, 1.165) is 4.47 Å². The van der Waals surface area contributed by atoms with Gasteiger partial charge in [-0.05, 0) is 32.0 Å². The van der Waals surface area contributed by atoms with Gasteiger partial charge in [0.1, 0.15) is 6.07 Å². The molecule has 0 aromatic heterocycles. The molecule has 100 valence electrons. The molecule has 0 bridgehead atoms. The lowest BCUT2D eigenvalue weighted by Gasteiger charge is -2.18. The Hall–Kier alpha value is -1.87. The fraction of sp³-hybridized carbons (Fsp3) is 0.308. The molecule has 0 unspecified atom stereocenters. The molecule has 0 spiro atoms. The van der Waals surface area contributed by atoms with Gasteiger partial charge < -0.3 is 10.4 Å². The second-order valence-electron chi connectivity index (χ2n) is 4.72. The smallest absolute Gasteiger partial charge is 0.309 e. The van der Waals surface area contributed by atoms with Crippen LogP contribution in [0, 0.1) is 16.7 Å². The first kappa shape index (κ1) is 15.2. The monoisotopic (exact) mass is 324 g/mol. The molecule has 1 rings (SSSR count). The fourth-order valence-electron chi connectivity index (χ4n) is 1.39. The van der Waals surface area contributed by atoms with Gasteiger partial charge in [-0.1, -0.05) is 15.9 Å². The molecule has 1 aromatic rings. The molecule has 19 heavy (non-hydrogen) atoms. The molecule has 2 N–H and O–H groups in total. The maximum atomic E-state index is 11.8. The highest BCUT2D eigenvalue weighted by atomic mass is 79.9. The second-order valence-corrected chi connectivity index (χ2v) is 5.63. The van der Waals surface area contributed by atoms with E-state index in [1.165, 1.54) is 13.8 Å². The Labute approximate surface area is 119 Å². The number of aliphatic carboxylic acids is 1. The van der Waals surface area contributed by atoms with Gasteiger partial charge in [-0.15, -0.1) is 0 Å². The van der Waals surface area contributed by atoms with Gasteiger partial charge in [-0.3, -0.25) is 9.59 Å². The second kappa shape index (κ2) is 5.85. The number of hydrogen-bond donors (Lipinski definition) is 2. The average molecular weight is 325 g/mol. The van der Waals surface area contributed by atoms with Crippen LogP contribution >= 0.6 is 15.9 Å². The highest BCUT2D eigenvalue weighted by Gasteiger charge is 2.30. The van der Waals surface area contributed by atoms with E-state index in [1.54, 1.807) is 18.2 Å². The first-order valence-corrected chi connectivity index (χ1v) is 6.28. The summed E-state index contributed by atoms with van der Waals surface area (Å²) in [6, 6.07) is 6.82. The van der Waals surface area contributed by atoms with E-state index in [-0.39, 0.29) is 6.42 Å². The lowest BCUT2D eigenvalue weighted by atomic mass is 9.89. The minimum Gasteiger partial charge on any atom is -0.481 e. The van der Waals surface area contributed by atoms with Crippen LogP contribution in [0.4, 0.5) is 5.69 Å². The minimum absolute atomic E-state index is 0.167. The van der Waals surface area contributed by atoms with Crippen molar-refractivity contribution in [2.45, 2.75) is 20.3 Å². The minimum atomic E-state index is -1.15. The summed E-state index contributed by atoms with van der Waals surface area (Å²) in [4.78, 5) is 22.8. The highest BCUT2D eigenvalue weighted by molar-refractivity contribution is 9.10. The molecule has 1 aromatic carbocycles. The standard InChI is InChI=1S/C13H13BrN2O3/c1-13(2,12(18)19)6-11(17)16-10-5-9(14)4-3-8(10)7-15/h3-5H,6H2,1-2H3,(H,16,17)(H,18,19). The lowest BCUT2D eigenvalue weighted by Crippen LogP contribution is -2.29. The topological polar surface area (TPSA) is 90.2 Å². The van der Waals surface area contributed by atoms with E-state index in [0.29, 0.717) is 11.3 Å². The summed E-state index contributed by atoms with van der Waals surface area (Å²) in [5.41, 5.74) is -0.462. The Morgan fingerprint density at radius 2 is 2.11 bits per heavy atom. The molecule has 0 aliphatic rings. The van der Waals surface area contributed by atoms with Gasteiger partial charge in [0.2, 0.25) is 5.91 Å². The van der Waals surface area contributed by atoms with Crippen molar-refractivity contribution in [3.05, 3.63) is 28.2 Å². The Morgan fingerprint density at radius 3 is 2.63 bits per heavy atom. The molecule has 6 heteroatoms. The van der Waals surface area contributed by atoms with E-state index >= 15 is 0 Å². The van der Waals surface area contributed by atoms with Gasteiger partial charge in [-0.25, -0.2) is 0 Å². The van der Waals surface area contributed by atoms with Gasteiger partial charge in [0.25, 0.3) is 0 Å². The zero-order valence-corrected chi connectivity index (χ0v) is 12.1. The molecule has 1 amide bonds. The number of rotatable bonds is 4. The van der Waals surface area contributed by atoms with Crippen molar-refractivity contribution in [3.8, 4) is 6.07 Å². The van der Waals surface area contributed by atoms with Gasteiger partial charge >= 0.3 is 5.97 Å². The fourth-order valence-corrected chi connectivity index (χ4v) is 1.75. The molecule has 5 nitrogen and oxygen atoms in total. The Balaban J connectivity index is 2.87. The first-order valence-electron chi connectivity index (χ1n) is 5.49. The van der Waals surface area contributed by atoms with Crippen LogP contribution in [0.5, 0.6) is 0 Å².